The summed E-state index contributed by atoms with van der Waals surface area (Å²) >= 11 is 0. The number of carboxylic acid groups (broad SMARTS) is 1. The molecule has 0 aliphatic rings. The molecule has 1 aromatic heterocycles. The molecule has 1 heterocycles. The van der Waals surface area contributed by atoms with E-state index in [4.69, 9.17) is 5.11 Å². The minimum absolute atomic E-state index is 0.0283. The molecule has 0 radical (unpaired) electrons. The van der Waals surface area contributed by atoms with Gasteiger partial charge in [-0.05, 0) is 66.6 Å². The predicted molar refractivity (Wildman–Crippen MR) is 125 cm³/mol. The number of alkyl halides is 3. The van der Waals surface area contributed by atoms with E-state index in [1.165, 1.54) is 53.2 Å². The fourth-order valence-corrected chi connectivity index (χ4v) is 3.69. The molecule has 37 heavy (non-hydrogen) atoms. The van der Waals surface area contributed by atoms with Crippen LogP contribution in [0.2, 0.25) is 0 Å². The van der Waals surface area contributed by atoms with Gasteiger partial charge in [-0.2, -0.15) is 13.2 Å². The number of carboxylic acids is 1. The number of hydrogen-bond acceptors (Lipinski definition) is 4. The third-order valence-electron chi connectivity index (χ3n) is 5.69. The van der Waals surface area contributed by atoms with Crippen molar-refractivity contribution in [1.82, 2.24) is 20.3 Å². The quantitative estimate of drug-likeness (QED) is 0.326. The molecule has 11 heteroatoms. The van der Waals surface area contributed by atoms with Crippen molar-refractivity contribution in [1.29, 1.82) is 0 Å². The molecule has 0 fully saturated rings. The average molecular weight is 512 g/mol. The molecule has 0 saturated heterocycles. The first-order chi connectivity index (χ1) is 17.5. The van der Waals surface area contributed by atoms with E-state index >= 15 is 0 Å². The molecule has 1 atom stereocenters. The molecule has 4 aromatic rings. The number of rotatable bonds is 7. The second kappa shape index (κ2) is 10.2. The van der Waals surface area contributed by atoms with Gasteiger partial charge in [0, 0.05) is 5.56 Å². The van der Waals surface area contributed by atoms with Crippen LogP contribution in [0.4, 0.5) is 17.6 Å². The molecule has 190 valence electrons. The third-order valence-corrected chi connectivity index (χ3v) is 5.69. The maximum atomic E-state index is 13.5. The molecular weight excluding hydrogens is 492 g/mol. The SMILES string of the molecule is CC(NC(=O)c1c(-c2ccc(F)cc2)nnn1Cc1ccc(C(F)(F)F)cc1)c1ccc(C(=O)O)cc1. The molecule has 2 N–H and O–H groups in total. The van der Waals surface area contributed by atoms with Crippen molar-refractivity contribution >= 4 is 11.9 Å². The Balaban J connectivity index is 1.65. The first kappa shape index (κ1) is 25.5. The number of benzene rings is 3. The Hall–Kier alpha value is -4.54. The second-order valence-electron chi connectivity index (χ2n) is 8.27. The maximum Gasteiger partial charge on any atom is 0.416 e. The summed E-state index contributed by atoms with van der Waals surface area (Å²) in [6.07, 6.45) is -4.48. The van der Waals surface area contributed by atoms with E-state index in [1.54, 1.807) is 19.1 Å². The van der Waals surface area contributed by atoms with Crippen LogP contribution >= 0.6 is 0 Å². The zero-order chi connectivity index (χ0) is 26.7. The van der Waals surface area contributed by atoms with Crippen molar-refractivity contribution in [3.05, 3.63) is 107 Å². The highest BCUT2D eigenvalue weighted by molar-refractivity contribution is 5.98. The summed E-state index contributed by atoms with van der Waals surface area (Å²) in [5.74, 6) is -2.14. The molecular formula is C26H20F4N4O3. The summed E-state index contributed by atoms with van der Waals surface area (Å²) in [7, 11) is 0. The van der Waals surface area contributed by atoms with Crippen LogP contribution in [0.25, 0.3) is 11.3 Å². The van der Waals surface area contributed by atoms with E-state index < -0.39 is 35.5 Å². The topological polar surface area (TPSA) is 97.1 Å². The summed E-state index contributed by atoms with van der Waals surface area (Å²) in [4.78, 5) is 24.5. The van der Waals surface area contributed by atoms with Gasteiger partial charge in [0.2, 0.25) is 0 Å². The van der Waals surface area contributed by atoms with Crippen LogP contribution in [0.1, 0.15) is 50.5 Å². The molecule has 0 saturated carbocycles. The monoisotopic (exact) mass is 512 g/mol. The fourth-order valence-electron chi connectivity index (χ4n) is 3.69. The molecule has 0 aliphatic heterocycles. The van der Waals surface area contributed by atoms with E-state index in [1.807, 2.05) is 0 Å². The van der Waals surface area contributed by atoms with E-state index in [0.29, 0.717) is 16.7 Å². The average Bonchev–Trinajstić information content (AvgIpc) is 3.27. The van der Waals surface area contributed by atoms with Crippen molar-refractivity contribution in [3.8, 4) is 11.3 Å². The van der Waals surface area contributed by atoms with Crippen molar-refractivity contribution in [3.63, 3.8) is 0 Å². The smallest absolute Gasteiger partial charge is 0.416 e. The summed E-state index contributed by atoms with van der Waals surface area (Å²) in [6.45, 7) is 1.66. The van der Waals surface area contributed by atoms with Gasteiger partial charge in [-0.15, -0.1) is 5.10 Å². The number of nitrogens with one attached hydrogen (secondary N) is 1. The molecule has 7 nitrogen and oxygen atoms in total. The molecule has 3 aromatic carbocycles. The van der Waals surface area contributed by atoms with E-state index in [0.717, 1.165) is 12.1 Å². The van der Waals surface area contributed by atoms with Crippen LogP contribution in [-0.2, 0) is 12.7 Å². The second-order valence-corrected chi connectivity index (χ2v) is 8.27. The third kappa shape index (κ3) is 5.83. The van der Waals surface area contributed by atoms with Crippen molar-refractivity contribution in [2.75, 3.05) is 0 Å². The lowest BCUT2D eigenvalue weighted by Gasteiger charge is -2.16. The highest BCUT2D eigenvalue weighted by Gasteiger charge is 2.30. The fraction of sp³-hybridized carbons (Fsp3) is 0.154. The highest BCUT2D eigenvalue weighted by Crippen LogP contribution is 2.29. The zero-order valence-electron chi connectivity index (χ0n) is 19.3. The van der Waals surface area contributed by atoms with Gasteiger partial charge < -0.3 is 10.4 Å². The summed E-state index contributed by atoms with van der Waals surface area (Å²) < 4.78 is 53.5. The summed E-state index contributed by atoms with van der Waals surface area (Å²) in [5, 5.41) is 20.0. The van der Waals surface area contributed by atoms with Gasteiger partial charge in [0.25, 0.3) is 5.91 Å². The first-order valence-corrected chi connectivity index (χ1v) is 11.0. The number of carbonyl (C=O) groups excluding carboxylic acids is 1. The van der Waals surface area contributed by atoms with Crippen molar-refractivity contribution < 1.29 is 32.3 Å². The Morgan fingerprint density at radius 3 is 2.16 bits per heavy atom. The molecule has 1 unspecified atom stereocenters. The molecule has 0 aliphatic carbocycles. The standard InChI is InChI=1S/C26H20F4N4O3/c1-15(17-4-6-19(7-5-17)25(36)37)31-24(35)23-22(18-8-12-21(27)13-9-18)32-33-34(23)14-16-2-10-20(11-3-16)26(28,29)30/h2-13,15H,14H2,1H3,(H,31,35)(H,36,37). The Morgan fingerprint density at radius 2 is 1.59 bits per heavy atom. The van der Waals surface area contributed by atoms with E-state index in [2.05, 4.69) is 15.6 Å². The lowest BCUT2D eigenvalue weighted by molar-refractivity contribution is -0.137. The minimum atomic E-state index is -4.48. The maximum absolute atomic E-state index is 13.5. The van der Waals surface area contributed by atoms with Crippen LogP contribution < -0.4 is 5.32 Å². The van der Waals surface area contributed by atoms with Crippen LogP contribution in [0.5, 0.6) is 0 Å². The number of nitrogens with zero attached hydrogens (tertiary/aromatic N) is 3. The molecule has 1 amide bonds. The molecule has 0 bridgehead atoms. The largest absolute Gasteiger partial charge is 0.478 e. The van der Waals surface area contributed by atoms with E-state index in [-0.39, 0.29) is 23.5 Å². The summed E-state index contributed by atoms with van der Waals surface area (Å²) in [5.41, 5.74) is 1.00. The van der Waals surface area contributed by atoms with Crippen LogP contribution in [0.15, 0.2) is 72.8 Å². The molecule has 0 spiro atoms. The number of halogens is 4. The normalized spacial score (nSPS) is 12.2. The van der Waals surface area contributed by atoms with Gasteiger partial charge in [0.05, 0.1) is 23.7 Å². The Morgan fingerprint density at radius 1 is 0.973 bits per heavy atom. The van der Waals surface area contributed by atoms with Crippen LogP contribution in [0, 0.1) is 5.82 Å². The lowest BCUT2D eigenvalue weighted by Crippen LogP contribution is -2.29. The predicted octanol–water partition coefficient (Wildman–Crippen LogP) is 5.34. The number of carbonyl (C=O) groups is 2. The lowest BCUT2D eigenvalue weighted by atomic mass is 10.1. The number of amides is 1. The van der Waals surface area contributed by atoms with Gasteiger partial charge in [-0.1, -0.05) is 29.5 Å². The van der Waals surface area contributed by atoms with Crippen molar-refractivity contribution in [2.45, 2.75) is 25.7 Å². The highest BCUT2D eigenvalue weighted by atomic mass is 19.4. The minimum Gasteiger partial charge on any atom is -0.478 e. The van der Waals surface area contributed by atoms with Crippen LogP contribution in [0.3, 0.4) is 0 Å². The van der Waals surface area contributed by atoms with Crippen LogP contribution in [-0.4, -0.2) is 32.0 Å². The number of aromatic nitrogens is 3. The van der Waals surface area contributed by atoms with Gasteiger partial charge in [0.1, 0.15) is 11.5 Å². The van der Waals surface area contributed by atoms with E-state index in [9.17, 15) is 27.2 Å². The van der Waals surface area contributed by atoms with Gasteiger partial charge in [-0.3, -0.25) is 4.79 Å². The Labute approximate surface area is 208 Å². The number of aromatic carboxylic acids is 1. The first-order valence-electron chi connectivity index (χ1n) is 11.0. The van der Waals surface area contributed by atoms with Gasteiger partial charge in [0.15, 0.2) is 5.69 Å². The number of hydrogen-bond donors (Lipinski definition) is 2. The zero-order valence-corrected chi connectivity index (χ0v) is 19.3. The van der Waals surface area contributed by atoms with Crippen molar-refractivity contribution in [2.24, 2.45) is 0 Å². The molecule has 4 rings (SSSR count). The van der Waals surface area contributed by atoms with Gasteiger partial charge >= 0.3 is 12.1 Å². The Kier molecular flexibility index (Phi) is 7.05. The van der Waals surface area contributed by atoms with Gasteiger partial charge in [-0.25, -0.2) is 13.9 Å². The summed E-state index contributed by atoms with van der Waals surface area (Å²) in [6, 6.07) is 15.2. The Bertz CT molecular complexity index is 1410.